The molecule has 108 valence electrons. The predicted octanol–water partition coefficient (Wildman–Crippen LogP) is 4.58. The highest BCUT2D eigenvalue weighted by Crippen LogP contribution is 2.29. The van der Waals surface area contributed by atoms with E-state index in [1.54, 1.807) is 0 Å². The van der Waals surface area contributed by atoms with E-state index in [0.717, 1.165) is 19.4 Å². The first-order chi connectivity index (χ1) is 10.4. The van der Waals surface area contributed by atoms with Crippen LogP contribution in [0.3, 0.4) is 0 Å². The third-order valence-corrected chi connectivity index (χ3v) is 4.73. The Bertz CT molecular complexity index is 691. The standard InChI is InChI=1S/C18H20N2S/c1-2-9-20-17(14-6-5-10-19-12-14)11-15-13-21-18-8-4-3-7-16(15)18/h3-8,10,12-13,17,20H,2,9,11H2,1H3. The van der Waals surface area contributed by atoms with Gasteiger partial charge in [0.1, 0.15) is 0 Å². The topological polar surface area (TPSA) is 24.9 Å². The lowest BCUT2D eigenvalue weighted by Gasteiger charge is -2.18. The van der Waals surface area contributed by atoms with Gasteiger partial charge in [0, 0.05) is 23.1 Å². The molecule has 2 nitrogen and oxygen atoms in total. The molecule has 0 aliphatic carbocycles. The van der Waals surface area contributed by atoms with Gasteiger partial charge in [-0.25, -0.2) is 0 Å². The number of hydrogen-bond acceptors (Lipinski definition) is 3. The Kier molecular flexibility index (Phi) is 4.63. The molecule has 3 heteroatoms. The first-order valence-corrected chi connectivity index (χ1v) is 8.35. The molecular weight excluding hydrogens is 276 g/mol. The quantitative estimate of drug-likeness (QED) is 0.720. The number of nitrogens with one attached hydrogen (secondary N) is 1. The van der Waals surface area contributed by atoms with E-state index in [4.69, 9.17) is 0 Å². The monoisotopic (exact) mass is 296 g/mol. The van der Waals surface area contributed by atoms with Crippen LogP contribution in [0.1, 0.15) is 30.5 Å². The van der Waals surface area contributed by atoms with Crippen LogP contribution in [0.2, 0.25) is 0 Å². The van der Waals surface area contributed by atoms with Crippen molar-refractivity contribution in [2.75, 3.05) is 6.54 Å². The maximum absolute atomic E-state index is 4.27. The number of nitrogens with zero attached hydrogens (tertiary/aromatic N) is 1. The number of hydrogen-bond donors (Lipinski definition) is 1. The molecule has 3 aromatic rings. The molecule has 0 bridgehead atoms. The van der Waals surface area contributed by atoms with Crippen LogP contribution in [0, 0.1) is 0 Å². The van der Waals surface area contributed by atoms with Crippen molar-refractivity contribution in [3.8, 4) is 0 Å². The number of fused-ring (bicyclic) bond motifs is 1. The van der Waals surface area contributed by atoms with Gasteiger partial charge in [-0.3, -0.25) is 4.98 Å². The molecule has 0 spiro atoms. The zero-order valence-corrected chi connectivity index (χ0v) is 13.1. The number of rotatable bonds is 6. The molecular formula is C18H20N2S. The number of pyridine rings is 1. The summed E-state index contributed by atoms with van der Waals surface area (Å²) in [6.45, 7) is 3.23. The van der Waals surface area contributed by atoms with E-state index in [2.05, 4.69) is 52.9 Å². The Labute approximate surface area is 129 Å². The van der Waals surface area contributed by atoms with Gasteiger partial charge < -0.3 is 5.32 Å². The second kappa shape index (κ2) is 6.83. The fraction of sp³-hybridized carbons (Fsp3) is 0.278. The van der Waals surface area contributed by atoms with E-state index in [1.165, 1.54) is 21.2 Å². The van der Waals surface area contributed by atoms with Gasteiger partial charge in [-0.1, -0.05) is 31.2 Å². The molecule has 2 aromatic heterocycles. The molecule has 0 saturated heterocycles. The van der Waals surface area contributed by atoms with Crippen LogP contribution in [-0.2, 0) is 6.42 Å². The molecule has 0 saturated carbocycles. The van der Waals surface area contributed by atoms with E-state index in [-0.39, 0.29) is 0 Å². The average Bonchev–Trinajstić information content (AvgIpc) is 2.95. The van der Waals surface area contributed by atoms with Gasteiger partial charge in [-0.05, 0) is 53.4 Å². The van der Waals surface area contributed by atoms with E-state index < -0.39 is 0 Å². The van der Waals surface area contributed by atoms with Crippen LogP contribution in [-0.4, -0.2) is 11.5 Å². The van der Waals surface area contributed by atoms with Crippen LogP contribution in [0.15, 0.2) is 54.2 Å². The van der Waals surface area contributed by atoms with Gasteiger partial charge in [0.15, 0.2) is 0 Å². The maximum atomic E-state index is 4.27. The Morgan fingerprint density at radius 2 is 2.10 bits per heavy atom. The van der Waals surface area contributed by atoms with Crippen molar-refractivity contribution in [2.45, 2.75) is 25.8 Å². The zero-order chi connectivity index (χ0) is 14.5. The molecule has 1 N–H and O–H groups in total. The SMILES string of the molecule is CCCNC(Cc1csc2ccccc12)c1cccnc1. The Hall–Kier alpha value is -1.71. The highest BCUT2D eigenvalue weighted by atomic mass is 32.1. The molecule has 2 heterocycles. The fourth-order valence-corrected chi connectivity index (χ4v) is 3.59. The van der Waals surface area contributed by atoms with Crippen LogP contribution >= 0.6 is 11.3 Å². The minimum atomic E-state index is 0.330. The van der Waals surface area contributed by atoms with Crippen molar-refractivity contribution >= 4 is 21.4 Å². The summed E-state index contributed by atoms with van der Waals surface area (Å²) in [6.07, 6.45) is 5.96. The number of benzene rings is 1. The van der Waals surface area contributed by atoms with E-state index in [0.29, 0.717) is 6.04 Å². The van der Waals surface area contributed by atoms with Crippen molar-refractivity contribution in [2.24, 2.45) is 0 Å². The van der Waals surface area contributed by atoms with Crippen molar-refractivity contribution in [1.29, 1.82) is 0 Å². The van der Waals surface area contributed by atoms with Crippen molar-refractivity contribution < 1.29 is 0 Å². The summed E-state index contributed by atoms with van der Waals surface area (Å²) in [5.74, 6) is 0. The van der Waals surface area contributed by atoms with E-state index >= 15 is 0 Å². The molecule has 0 aliphatic rings. The summed E-state index contributed by atoms with van der Waals surface area (Å²) >= 11 is 1.83. The van der Waals surface area contributed by atoms with Crippen molar-refractivity contribution in [3.05, 3.63) is 65.3 Å². The minimum absolute atomic E-state index is 0.330. The summed E-state index contributed by atoms with van der Waals surface area (Å²) in [5.41, 5.74) is 2.69. The molecule has 3 rings (SSSR count). The molecule has 0 fully saturated rings. The van der Waals surface area contributed by atoms with Crippen molar-refractivity contribution in [3.63, 3.8) is 0 Å². The Morgan fingerprint density at radius 1 is 1.19 bits per heavy atom. The van der Waals surface area contributed by atoms with Crippen molar-refractivity contribution in [1.82, 2.24) is 10.3 Å². The summed E-state index contributed by atoms with van der Waals surface area (Å²) in [6, 6.07) is 13.2. The lowest BCUT2D eigenvalue weighted by Crippen LogP contribution is -2.24. The third-order valence-electron chi connectivity index (χ3n) is 3.71. The maximum Gasteiger partial charge on any atom is 0.0376 e. The van der Waals surface area contributed by atoms with Gasteiger partial charge in [-0.2, -0.15) is 0 Å². The minimum Gasteiger partial charge on any atom is -0.310 e. The lowest BCUT2D eigenvalue weighted by molar-refractivity contribution is 0.529. The Balaban J connectivity index is 1.87. The second-order valence-corrected chi connectivity index (χ2v) is 6.17. The summed E-state index contributed by atoms with van der Waals surface area (Å²) in [7, 11) is 0. The molecule has 1 aromatic carbocycles. The largest absolute Gasteiger partial charge is 0.310 e. The molecule has 1 atom stereocenters. The van der Waals surface area contributed by atoms with Crippen LogP contribution < -0.4 is 5.32 Å². The van der Waals surface area contributed by atoms with Crippen LogP contribution in [0.5, 0.6) is 0 Å². The van der Waals surface area contributed by atoms with Crippen LogP contribution in [0.4, 0.5) is 0 Å². The summed E-state index contributed by atoms with van der Waals surface area (Å²) in [4.78, 5) is 4.27. The first kappa shape index (κ1) is 14.2. The molecule has 0 amide bonds. The van der Waals surface area contributed by atoms with E-state index in [1.807, 2.05) is 29.8 Å². The molecule has 0 aliphatic heterocycles. The highest BCUT2D eigenvalue weighted by Gasteiger charge is 2.14. The Morgan fingerprint density at radius 3 is 2.90 bits per heavy atom. The van der Waals surface area contributed by atoms with Gasteiger partial charge in [0.2, 0.25) is 0 Å². The smallest absolute Gasteiger partial charge is 0.0376 e. The molecule has 1 unspecified atom stereocenters. The summed E-state index contributed by atoms with van der Waals surface area (Å²) in [5, 5.41) is 7.33. The van der Waals surface area contributed by atoms with Gasteiger partial charge in [0.25, 0.3) is 0 Å². The normalized spacial score (nSPS) is 12.6. The predicted molar refractivity (Wildman–Crippen MR) is 90.8 cm³/mol. The molecule has 21 heavy (non-hydrogen) atoms. The van der Waals surface area contributed by atoms with Crippen LogP contribution in [0.25, 0.3) is 10.1 Å². The number of aromatic nitrogens is 1. The zero-order valence-electron chi connectivity index (χ0n) is 12.3. The lowest BCUT2D eigenvalue weighted by atomic mass is 9.99. The fourth-order valence-electron chi connectivity index (χ4n) is 2.62. The third kappa shape index (κ3) is 3.31. The summed E-state index contributed by atoms with van der Waals surface area (Å²) < 4.78 is 1.37. The number of thiophene rings is 1. The second-order valence-electron chi connectivity index (χ2n) is 5.25. The molecule has 0 radical (unpaired) electrons. The first-order valence-electron chi connectivity index (χ1n) is 7.47. The van der Waals surface area contributed by atoms with Gasteiger partial charge >= 0.3 is 0 Å². The van der Waals surface area contributed by atoms with E-state index in [9.17, 15) is 0 Å². The highest BCUT2D eigenvalue weighted by molar-refractivity contribution is 7.17. The van der Waals surface area contributed by atoms with Gasteiger partial charge in [0.05, 0.1) is 0 Å². The average molecular weight is 296 g/mol. The van der Waals surface area contributed by atoms with Gasteiger partial charge in [-0.15, -0.1) is 11.3 Å².